The second-order valence-electron chi connectivity index (χ2n) is 12.6. The minimum Gasteiger partial charge on any atom is -0.310 e. The van der Waals surface area contributed by atoms with Gasteiger partial charge in [-0.1, -0.05) is 110 Å². The van der Waals surface area contributed by atoms with Crippen molar-refractivity contribution in [1.29, 1.82) is 0 Å². The molecule has 48 heavy (non-hydrogen) atoms. The summed E-state index contributed by atoms with van der Waals surface area (Å²) < 4.78 is 0. The quantitative estimate of drug-likeness (QED) is 0.158. The Bertz CT molecular complexity index is 2180. The minimum atomic E-state index is 1.08. The van der Waals surface area contributed by atoms with Crippen LogP contribution < -0.4 is 9.80 Å². The van der Waals surface area contributed by atoms with Gasteiger partial charge in [-0.3, -0.25) is 0 Å². The molecule has 7 rings (SSSR count). The van der Waals surface area contributed by atoms with Crippen LogP contribution in [0.25, 0.3) is 21.9 Å². The maximum atomic E-state index is 2.41. The molecule has 0 aromatic heterocycles. The summed E-state index contributed by atoms with van der Waals surface area (Å²) in [4.78, 5) is 4.78. The highest BCUT2D eigenvalue weighted by molar-refractivity contribution is 5.99. The fourth-order valence-corrected chi connectivity index (χ4v) is 7.04. The SMILES string of the molecule is CCCc1cccc(N(c2ccccc2)c2ccc(-c3ccc(N(c4ccccc4)c4cccc5ccccc45)cc3C)c(C)c2)c1C. The van der Waals surface area contributed by atoms with E-state index in [0.29, 0.717) is 0 Å². The van der Waals surface area contributed by atoms with E-state index in [2.05, 4.69) is 195 Å². The van der Waals surface area contributed by atoms with E-state index in [-0.39, 0.29) is 0 Å². The first-order valence-electron chi connectivity index (χ1n) is 17.0. The Morgan fingerprint density at radius 2 is 0.938 bits per heavy atom. The number of benzene rings is 7. The van der Waals surface area contributed by atoms with E-state index in [1.165, 1.54) is 61.2 Å². The summed E-state index contributed by atoms with van der Waals surface area (Å²) >= 11 is 0. The predicted molar refractivity (Wildman–Crippen MR) is 207 cm³/mol. The molecule has 0 spiro atoms. The third-order valence-corrected chi connectivity index (χ3v) is 9.44. The number of rotatable bonds is 9. The van der Waals surface area contributed by atoms with Crippen LogP contribution in [0.2, 0.25) is 0 Å². The first kappa shape index (κ1) is 31.0. The second-order valence-corrected chi connectivity index (χ2v) is 12.6. The van der Waals surface area contributed by atoms with Crippen LogP contribution in [0.15, 0.2) is 158 Å². The number of hydrogen-bond donors (Lipinski definition) is 0. The molecule has 0 atom stereocenters. The lowest BCUT2D eigenvalue weighted by Crippen LogP contribution is -2.12. The van der Waals surface area contributed by atoms with E-state index in [1.807, 2.05) is 0 Å². The maximum Gasteiger partial charge on any atom is 0.0540 e. The molecule has 0 amide bonds. The number of anilines is 6. The summed E-state index contributed by atoms with van der Waals surface area (Å²) in [6, 6.07) is 57.1. The third-order valence-electron chi connectivity index (χ3n) is 9.44. The van der Waals surface area contributed by atoms with Gasteiger partial charge in [0, 0.05) is 33.8 Å². The zero-order valence-corrected chi connectivity index (χ0v) is 28.3. The average Bonchev–Trinajstić information content (AvgIpc) is 3.12. The highest BCUT2D eigenvalue weighted by Gasteiger charge is 2.19. The largest absolute Gasteiger partial charge is 0.310 e. The molecule has 7 aromatic carbocycles. The lowest BCUT2D eigenvalue weighted by Gasteiger charge is -2.29. The normalized spacial score (nSPS) is 11.1. The van der Waals surface area contributed by atoms with E-state index in [4.69, 9.17) is 0 Å². The van der Waals surface area contributed by atoms with Crippen molar-refractivity contribution in [1.82, 2.24) is 0 Å². The summed E-state index contributed by atoms with van der Waals surface area (Å²) in [6.45, 7) is 8.99. The average molecular weight is 623 g/mol. The molecule has 0 heterocycles. The van der Waals surface area contributed by atoms with Crippen LogP contribution in [-0.2, 0) is 6.42 Å². The number of aryl methyl sites for hydroxylation is 3. The molecular weight excluding hydrogens is 581 g/mol. The lowest BCUT2D eigenvalue weighted by atomic mass is 9.94. The fourth-order valence-electron chi connectivity index (χ4n) is 7.04. The molecule has 0 saturated heterocycles. The van der Waals surface area contributed by atoms with Crippen molar-refractivity contribution in [2.75, 3.05) is 9.80 Å². The Kier molecular flexibility index (Phi) is 8.81. The van der Waals surface area contributed by atoms with Crippen LogP contribution in [0.1, 0.15) is 35.6 Å². The van der Waals surface area contributed by atoms with Gasteiger partial charge in [0.15, 0.2) is 0 Å². The van der Waals surface area contributed by atoms with Crippen molar-refractivity contribution < 1.29 is 0 Å². The molecule has 0 aliphatic rings. The van der Waals surface area contributed by atoms with E-state index in [0.717, 1.165) is 29.9 Å². The Morgan fingerprint density at radius 1 is 0.438 bits per heavy atom. The Morgan fingerprint density at radius 3 is 1.52 bits per heavy atom. The van der Waals surface area contributed by atoms with Gasteiger partial charge in [0.2, 0.25) is 0 Å². The van der Waals surface area contributed by atoms with E-state index >= 15 is 0 Å². The highest BCUT2D eigenvalue weighted by atomic mass is 15.1. The number of nitrogens with zero attached hydrogens (tertiary/aromatic N) is 2. The molecule has 0 radical (unpaired) electrons. The zero-order chi connectivity index (χ0) is 33.0. The summed E-state index contributed by atoms with van der Waals surface area (Å²) in [5.41, 5.74) is 14.8. The molecule has 0 saturated carbocycles. The molecule has 0 aliphatic carbocycles. The summed E-state index contributed by atoms with van der Waals surface area (Å²) in [6.07, 6.45) is 2.21. The number of fused-ring (bicyclic) bond motifs is 1. The van der Waals surface area contributed by atoms with Crippen molar-refractivity contribution in [2.45, 2.75) is 40.5 Å². The monoisotopic (exact) mass is 622 g/mol. The molecule has 236 valence electrons. The number of para-hydroxylation sites is 2. The van der Waals surface area contributed by atoms with Gasteiger partial charge < -0.3 is 9.80 Å². The Labute approximate surface area is 285 Å². The van der Waals surface area contributed by atoms with Crippen molar-refractivity contribution in [3.05, 3.63) is 180 Å². The predicted octanol–water partition coefficient (Wildman–Crippen LogP) is 13.3. The summed E-state index contributed by atoms with van der Waals surface area (Å²) in [5.74, 6) is 0. The Balaban J connectivity index is 1.29. The van der Waals surface area contributed by atoms with Crippen molar-refractivity contribution in [3.8, 4) is 11.1 Å². The van der Waals surface area contributed by atoms with Crippen LogP contribution >= 0.6 is 0 Å². The number of hydrogen-bond acceptors (Lipinski definition) is 2. The van der Waals surface area contributed by atoms with Crippen molar-refractivity contribution in [2.24, 2.45) is 0 Å². The van der Waals surface area contributed by atoms with Gasteiger partial charge in [0.25, 0.3) is 0 Å². The highest BCUT2D eigenvalue weighted by Crippen LogP contribution is 2.42. The summed E-state index contributed by atoms with van der Waals surface area (Å²) in [7, 11) is 0. The molecule has 2 heteroatoms. The molecule has 0 unspecified atom stereocenters. The molecule has 0 bridgehead atoms. The van der Waals surface area contributed by atoms with Crippen LogP contribution in [0.5, 0.6) is 0 Å². The molecule has 0 aliphatic heterocycles. The second kappa shape index (κ2) is 13.6. The minimum absolute atomic E-state index is 1.08. The molecular formula is C46H42N2. The topological polar surface area (TPSA) is 6.48 Å². The van der Waals surface area contributed by atoms with E-state index in [9.17, 15) is 0 Å². The Hall–Kier alpha value is -5.60. The maximum absolute atomic E-state index is 2.41. The van der Waals surface area contributed by atoms with Crippen LogP contribution in [-0.4, -0.2) is 0 Å². The first-order valence-corrected chi connectivity index (χ1v) is 17.0. The first-order chi connectivity index (χ1) is 23.5. The van der Waals surface area contributed by atoms with Crippen LogP contribution in [0.3, 0.4) is 0 Å². The van der Waals surface area contributed by atoms with Gasteiger partial charge in [-0.2, -0.15) is 0 Å². The molecule has 7 aromatic rings. The van der Waals surface area contributed by atoms with Gasteiger partial charge >= 0.3 is 0 Å². The fraction of sp³-hybridized carbons (Fsp3) is 0.130. The summed E-state index contributed by atoms with van der Waals surface area (Å²) in [5, 5.41) is 2.47. The lowest BCUT2D eigenvalue weighted by molar-refractivity contribution is 0.912. The van der Waals surface area contributed by atoms with Crippen LogP contribution in [0.4, 0.5) is 34.1 Å². The van der Waals surface area contributed by atoms with Gasteiger partial charge in [-0.15, -0.1) is 0 Å². The standard InChI is InChI=1S/C46H42N2/c1-5-16-36-18-14-25-45(35(36)4)47(38-20-8-6-9-21-38)40-27-29-42(33(2)31-40)43-30-28-41(32-34(43)3)48(39-22-10-7-11-23-39)46-26-15-19-37-17-12-13-24-44(37)46/h6-15,17-32H,5,16H2,1-4H3. The van der Waals surface area contributed by atoms with E-state index < -0.39 is 0 Å². The third kappa shape index (κ3) is 5.98. The van der Waals surface area contributed by atoms with Crippen molar-refractivity contribution >= 4 is 44.9 Å². The molecule has 0 fully saturated rings. The van der Waals surface area contributed by atoms with E-state index in [1.54, 1.807) is 0 Å². The van der Waals surface area contributed by atoms with Gasteiger partial charge in [0.05, 0.1) is 5.69 Å². The van der Waals surface area contributed by atoms with Gasteiger partial charge in [-0.25, -0.2) is 0 Å². The smallest absolute Gasteiger partial charge is 0.0540 e. The van der Waals surface area contributed by atoms with Gasteiger partial charge in [0.1, 0.15) is 0 Å². The zero-order valence-electron chi connectivity index (χ0n) is 28.3. The molecule has 2 nitrogen and oxygen atoms in total. The van der Waals surface area contributed by atoms with Crippen LogP contribution in [0, 0.1) is 20.8 Å². The van der Waals surface area contributed by atoms with Crippen molar-refractivity contribution in [3.63, 3.8) is 0 Å². The molecule has 0 N–H and O–H groups in total. The van der Waals surface area contributed by atoms with Gasteiger partial charge in [-0.05, 0) is 127 Å².